The van der Waals surface area contributed by atoms with E-state index in [1.54, 1.807) is 0 Å². The van der Waals surface area contributed by atoms with Crippen LogP contribution in [0.5, 0.6) is 5.75 Å². The lowest BCUT2D eigenvalue weighted by atomic mass is 10.0. The summed E-state index contributed by atoms with van der Waals surface area (Å²) in [4.78, 5) is 28.5. The van der Waals surface area contributed by atoms with Crippen LogP contribution in [0.1, 0.15) is 45.4 Å². The van der Waals surface area contributed by atoms with Crippen LogP contribution in [0.15, 0.2) is 34.6 Å². The van der Waals surface area contributed by atoms with Crippen LogP contribution in [-0.4, -0.2) is 29.3 Å². The van der Waals surface area contributed by atoms with Crippen molar-refractivity contribution in [2.75, 3.05) is 6.54 Å². The number of nitrogens with zero attached hydrogens (tertiary/aromatic N) is 2. The van der Waals surface area contributed by atoms with Crippen LogP contribution in [0.25, 0.3) is 11.3 Å². The fourth-order valence-corrected chi connectivity index (χ4v) is 4.76. The number of hydrogen-bond donors (Lipinski definition) is 1. The molecule has 0 bridgehead atoms. The maximum absolute atomic E-state index is 12.5. The van der Waals surface area contributed by atoms with E-state index >= 15 is 0 Å². The first-order chi connectivity index (χ1) is 15.2. The molecule has 1 N–H and O–H groups in total. The maximum Gasteiger partial charge on any atom is 0.573 e. The van der Waals surface area contributed by atoms with Gasteiger partial charge < -0.3 is 14.6 Å². The van der Waals surface area contributed by atoms with Crippen molar-refractivity contribution in [2.24, 2.45) is 10.9 Å². The molecule has 2 aromatic rings. The fraction of sp³-hybridized carbons (Fsp3) is 0.500. The monoisotopic (exact) mass is 469 g/mol. The number of aromatic nitrogens is 1. The molecule has 0 atom stereocenters. The lowest BCUT2D eigenvalue weighted by molar-refractivity contribution is -0.274. The van der Waals surface area contributed by atoms with E-state index in [4.69, 9.17) is 0 Å². The van der Waals surface area contributed by atoms with E-state index in [0.717, 1.165) is 31.4 Å². The standard InChI is InChI=1S/C22H26F3N3O3S/c1-15(29)26-11-4-12-28-19(17-7-9-18(10-8-17)31-22(23,24)25)14-32-21(28)27-20(30)13-16-5-2-3-6-16/h7-10,14,16H,2-6,11-13H2,1H3,(H,26,29). The summed E-state index contributed by atoms with van der Waals surface area (Å²) in [6.45, 7) is 2.40. The Morgan fingerprint density at radius 2 is 1.91 bits per heavy atom. The van der Waals surface area contributed by atoms with Gasteiger partial charge in [0.1, 0.15) is 5.75 Å². The highest BCUT2D eigenvalue weighted by atomic mass is 32.1. The smallest absolute Gasteiger partial charge is 0.406 e. The van der Waals surface area contributed by atoms with Crippen molar-refractivity contribution >= 4 is 23.2 Å². The van der Waals surface area contributed by atoms with Crippen LogP contribution in [-0.2, 0) is 16.1 Å². The van der Waals surface area contributed by atoms with Crippen molar-refractivity contribution < 1.29 is 27.5 Å². The highest BCUT2D eigenvalue weighted by Gasteiger charge is 2.31. The zero-order chi connectivity index (χ0) is 23.1. The zero-order valence-corrected chi connectivity index (χ0v) is 18.6. The number of amides is 2. The van der Waals surface area contributed by atoms with Gasteiger partial charge in [-0.05, 0) is 55.0 Å². The number of carbonyl (C=O) groups excluding carboxylic acids is 2. The lowest BCUT2D eigenvalue weighted by Gasteiger charge is -2.11. The molecule has 1 aromatic carbocycles. The van der Waals surface area contributed by atoms with Gasteiger partial charge in [-0.15, -0.1) is 24.5 Å². The number of rotatable bonds is 8. The van der Waals surface area contributed by atoms with Crippen LogP contribution in [0.4, 0.5) is 13.2 Å². The molecule has 0 spiro atoms. The molecule has 6 nitrogen and oxygen atoms in total. The maximum atomic E-state index is 12.5. The summed E-state index contributed by atoms with van der Waals surface area (Å²) in [5.41, 5.74) is 1.42. The molecule has 1 fully saturated rings. The summed E-state index contributed by atoms with van der Waals surface area (Å²) in [5.74, 6) is -0.197. The highest BCUT2D eigenvalue weighted by Crippen LogP contribution is 2.28. The molecule has 1 aliphatic carbocycles. The normalized spacial score (nSPS) is 15.2. The summed E-state index contributed by atoms with van der Waals surface area (Å²) in [7, 11) is 0. The lowest BCUT2D eigenvalue weighted by Crippen LogP contribution is -2.24. The molecule has 0 aliphatic heterocycles. The first kappa shape index (κ1) is 24.0. The largest absolute Gasteiger partial charge is 0.573 e. The third-order valence-corrected chi connectivity index (χ3v) is 6.14. The first-order valence-electron chi connectivity index (χ1n) is 10.6. The number of nitrogens with one attached hydrogen (secondary N) is 1. The van der Waals surface area contributed by atoms with Crippen LogP contribution < -0.4 is 14.9 Å². The summed E-state index contributed by atoms with van der Waals surface area (Å²) in [6, 6.07) is 5.59. The van der Waals surface area contributed by atoms with E-state index in [1.165, 1.54) is 42.5 Å². The Hall–Kier alpha value is -2.62. The topological polar surface area (TPSA) is 72.7 Å². The Balaban J connectivity index is 1.83. The minimum atomic E-state index is -4.75. The Morgan fingerprint density at radius 3 is 2.53 bits per heavy atom. The SMILES string of the molecule is CC(=O)NCCCn1c(-c2ccc(OC(F)(F)F)cc2)csc1=NC(=O)CC1CCCC1. The molecule has 2 amide bonds. The predicted octanol–water partition coefficient (Wildman–Crippen LogP) is 4.65. The van der Waals surface area contributed by atoms with Gasteiger partial charge in [0.15, 0.2) is 4.80 Å². The Morgan fingerprint density at radius 1 is 1.22 bits per heavy atom. The van der Waals surface area contributed by atoms with Gasteiger partial charge in [-0.1, -0.05) is 12.8 Å². The molecular weight excluding hydrogens is 443 g/mol. The van der Waals surface area contributed by atoms with Gasteiger partial charge in [0.25, 0.3) is 0 Å². The number of alkyl halides is 3. The van der Waals surface area contributed by atoms with Gasteiger partial charge in [-0.3, -0.25) is 9.59 Å². The van der Waals surface area contributed by atoms with Crippen LogP contribution >= 0.6 is 11.3 Å². The first-order valence-corrected chi connectivity index (χ1v) is 11.5. The number of carbonyl (C=O) groups is 2. The van der Waals surface area contributed by atoms with Gasteiger partial charge in [-0.2, -0.15) is 4.99 Å². The summed E-state index contributed by atoms with van der Waals surface area (Å²) in [5, 5.41) is 4.57. The Labute approximate surface area is 188 Å². The second kappa shape index (κ2) is 10.8. The van der Waals surface area contributed by atoms with E-state index in [9.17, 15) is 22.8 Å². The van der Waals surface area contributed by atoms with Crippen LogP contribution in [0.2, 0.25) is 0 Å². The van der Waals surface area contributed by atoms with Gasteiger partial charge in [0.05, 0.1) is 5.69 Å². The minimum absolute atomic E-state index is 0.127. The number of ether oxygens (including phenoxy) is 1. The summed E-state index contributed by atoms with van der Waals surface area (Å²) < 4.78 is 43.1. The van der Waals surface area contributed by atoms with Crippen molar-refractivity contribution in [2.45, 2.75) is 58.4 Å². The molecule has 32 heavy (non-hydrogen) atoms. The Bertz CT molecular complexity index is 990. The molecule has 1 aromatic heterocycles. The molecule has 1 heterocycles. The van der Waals surface area contributed by atoms with Crippen LogP contribution in [0, 0.1) is 5.92 Å². The van der Waals surface area contributed by atoms with Crippen molar-refractivity contribution in [1.29, 1.82) is 0 Å². The molecule has 10 heteroatoms. The van der Waals surface area contributed by atoms with Gasteiger partial charge in [0.2, 0.25) is 11.8 Å². The third-order valence-electron chi connectivity index (χ3n) is 5.27. The second-order valence-corrected chi connectivity index (χ2v) is 8.66. The molecule has 0 unspecified atom stereocenters. The molecule has 1 saturated carbocycles. The van der Waals surface area contributed by atoms with Crippen molar-refractivity contribution in [3.05, 3.63) is 34.4 Å². The van der Waals surface area contributed by atoms with E-state index in [-0.39, 0.29) is 17.6 Å². The summed E-state index contributed by atoms with van der Waals surface area (Å²) >= 11 is 1.31. The van der Waals surface area contributed by atoms with Gasteiger partial charge in [0, 0.05) is 31.8 Å². The Kier molecular flexibility index (Phi) is 8.11. The summed E-state index contributed by atoms with van der Waals surface area (Å²) in [6.07, 6.45) is 0.709. The predicted molar refractivity (Wildman–Crippen MR) is 115 cm³/mol. The van der Waals surface area contributed by atoms with E-state index < -0.39 is 6.36 Å². The molecular formula is C22H26F3N3O3S. The third kappa shape index (κ3) is 7.22. The van der Waals surface area contributed by atoms with Crippen molar-refractivity contribution in [3.8, 4) is 17.0 Å². The number of thiazole rings is 1. The number of benzene rings is 1. The van der Waals surface area contributed by atoms with E-state index in [2.05, 4.69) is 15.0 Å². The zero-order valence-electron chi connectivity index (χ0n) is 17.8. The van der Waals surface area contributed by atoms with Gasteiger partial charge >= 0.3 is 6.36 Å². The van der Waals surface area contributed by atoms with Crippen LogP contribution in [0.3, 0.4) is 0 Å². The molecule has 3 rings (SSSR count). The highest BCUT2D eigenvalue weighted by molar-refractivity contribution is 7.07. The van der Waals surface area contributed by atoms with E-state index in [1.807, 2.05) is 9.95 Å². The molecule has 1 aliphatic rings. The van der Waals surface area contributed by atoms with Gasteiger partial charge in [-0.25, -0.2) is 0 Å². The average molecular weight is 470 g/mol. The molecule has 174 valence electrons. The van der Waals surface area contributed by atoms with Crippen molar-refractivity contribution in [3.63, 3.8) is 0 Å². The molecule has 0 radical (unpaired) electrons. The number of halogens is 3. The fourth-order valence-electron chi connectivity index (χ4n) is 3.81. The number of hydrogen-bond acceptors (Lipinski definition) is 4. The van der Waals surface area contributed by atoms with Crippen molar-refractivity contribution in [1.82, 2.24) is 9.88 Å². The second-order valence-electron chi connectivity index (χ2n) is 7.82. The quantitative estimate of drug-likeness (QED) is 0.572. The minimum Gasteiger partial charge on any atom is -0.406 e. The average Bonchev–Trinajstić information content (AvgIpc) is 3.35. The van der Waals surface area contributed by atoms with E-state index in [0.29, 0.717) is 42.2 Å². The molecule has 0 saturated heterocycles.